The minimum Gasteiger partial charge on any atom is -0.309 e. The van der Waals surface area contributed by atoms with Gasteiger partial charge in [-0.3, -0.25) is 9.97 Å². The van der Waals surface area contributed by atoms with Crippen LogP contribution in [0.5, 0.6) is 0 Å². The van der Waals surface area contributed by atoms with E-state index in [0.717, 1.165) is 21.8 Å². The van der Waals surface area contributed by atoms with Crippen molar-refractivity contribution >= 4 is 54.4 Å². The van der Waals surface area contributed by atoms with Gasteiger partial charge < -0.3 is 4.57 Å². The Kier molecular flexibility index (Phi) is 7.95. The summed E-state index contributed by atoms with van der Waals surface area (Å²) in [5, 5.41) is 7.20. The molecule has 10 aromatic carbocycles. The van der Waals surface area contributed by atoms with Gasteiger partial charge in [-0.25, -0.2) is 0 Å². The van der Waals surface area contributed by atoms with E-state index >= 15 is 0 Å². The Morgan fingerprint density at radius 2 is 0.797 bits per heavy atom. The second-order valence-electron chi connectivity index (χ2n) is 17.8. The first kappa shape index (κ1) is 36.5. The Balaban J connectivity index is 0.809. The number of benzene rings is 10. The first-order valence-corrected chi connectivity index (χ1v) is 22.1. The van der Waals surface area contributed by atoms with Crippen LogP contribution in [-0.2, 0) is 5.41 Å². The Morgan fingerprint density at radius 3 is 1.48 bits per heavy atom. The lowest BCUT2D eigenvalue weighted by Crippen LogP contribution is -2.15. The van der Waals surface area contributed by atoms with Crippen molar-refractivity contribution in [3.8, 4) is 61.3 Å². The van der Waals surface area contributed by atoms with E-state index in [-0.39, 0.29) is 5.41 Å². The van der Waals surface area contributed by atoms with Gasteiger partial charge in [0.25, 0.3) is 0 Å². The fourth-order valence-corrected chi connectivity index (χ4v) is 10.6. The van der Waals surface area contributed by atoms with E-state index in [1.165, 1.54) is 105 Å². The van der Waals surface area contributed by atoms with Crippen LogP contribution in [0.4, 0.5) is 0 Å². The first-order valence-electron chi connectivity index (χ1n) is 22.1. The van der Waals surface area contributed by atoms with Crippen LogP contribution in [0, 0.1) is 0 Å². The number of aromatic nitrogens is 3. The molecule has 2 heterocycles. The highest BCUT2D eigenvalue weighted by Crippen LogP contribution is 2.51. The predicted molar refractivity (Wildman–Crippen MR) is 268 cm³/mol. The van der Waals surface area contributed by atoms with Crippen LogP contribution >= 0.6 is 0 Å². The number of hydrogen-bond donors (Lipinski definition) is 0. The fourth-order valence-electron chi connectivity index (χ4n) is 10.6. The summed E-state index contributed by atoms with van der Waals surface area (Å²) in [4.78, 5) is 9.50. The summed E-state index contributed by atoms with van der Waals surface area (Å²) in [7, 11) is 0. The van der Waals surface area contributed by atoms with Crippen molar-refractivity contribution in [1.82, 2.24) is 14.5 Å². The molecule has 0 radical (unpaired) electrons. The topological polar surface area (TPSA) is 30.7 Å². The summed E-state index contributed by atoms with van der Waals surface area (Å²) in [5.41, 5.74) is 20.4. The van der Waals surface area contributed by atoms with E-state index in [9.17, 15) is 0 Å². The van der Waals surface area contributed by atoms with E-state index in [1.807, 2.05) is 0 Å². The van der Waals surface area contributed by atoms with E-state index in [0.29, 0.717) is 0 Å². The molecule has 0 fully saturated rings. The minimum atomic E-state index is -0.162. The molecule has 2 aromatic heterocycles. The lowest BCUT2D eigenvalue weighted by molar-refractivity contribution is 0.661. The third-order valence-electron chi connectivity index (χ3n) is 13.9. The van der Waals surface area contributed by atoms with Crippen molar-refractivity contribution in [2.75, 3.05) is 0 Å². The third-order valence-corrected chi connectivity index (χ3v) is 13.9. The molecule has 0 saturated heterocycles. The van der Waals surface area contributed by atoms with Crippen LogP contribution in [0.1, 0.15) is 25.0 Å². The number of para-hydroxylation sites is 2. The monoisotopic (exact) mass is 815 g/mol. The molecule has 3 heteroatoms. The maximum absolute atomic E-state index is 4.77. The van der Waals surface area contributed by atoms with Gasteiger partial charge in [-0.1, -0.05) is 166 Å². The largest absolute Gasteiger partial charge is 0.309 e. The van der Waals surface area contributed by atoms with Gasteiger partial charge in [0.1, 0.15) is 0 Å². The molecule has 0 spiro atoms. The molecule has 0 atom stereocenters. The van der Waals surface area contributed by atoms with Gasteiger partial charge in [-0.2, -0.15) is 0 Å². The number of fused-ring (bicyclic) bond motifs is 12. The summed E-state index contributed by atoms with van der Waals surface area (Å²) in [6.45, 7) is 4.75. The molecule has 1 aliphatic carbocycles. The Morgan fingerprint density at radius 1 is 0.328 bits per heavy atom. The molecule has 64 heavy (non-hydrogen) atoms. The highest BCUT2D eigenvalue weighted by atomic mass is 15.0. The second-order valence-corrected chi connectivity index (χ2v) is 17.8. The molecular formula is C61H41N3. The van der Waals surface area contributed by atoms with Gasteiger partial charge in [0.2, 0.25) is 0 Å². The lowest BCUT2D eigenvalue weighted by Gasteiger charge is -2.23. The number of rotatable bonds is 5. The molecule has 0 N–H and O–H groups in total. The van der Waals surface area contributed by atoms with Gasteiger partial charge in [0.15, 0.2) is 0 Å². The van der Waals surface area contributed by atoms with Gasteiger partial charge in [-0.15, -0.1) is 0 Å². The van der Waals surface area contributed by atoms with Crippen molar-refractivity contribution in [3.63, 3.8) is 0 Å². The van der Waals surface area contributed by atoms with Crippen molar-refractivity contribution in [3.05, 3.63) is 224 Å². The minimum absolute atomic E-state index is 0.162. The molecule has 0 amide bonds. The molecule has 1 aliphatic rings. The smallest absolute Gasteiger partial charge is 0.0971 e. The SMILES string of the molecule is CC1(C)c2cc(-c3ccc(-c4cccc(-c5ccc6c7ccccc7n(-c7ccccc7)c6c5)c4)cc3)ccc2-c2ccc(-c3ccc4c(c3)c3ccccc3c3nccnc43)cc21. The highest BCUT2D eigenvalue weighted by Gasteiger charge is 2.36. The van der Waals surface area contributed by atoms with E-state index in [4.69, 9.17) is 9.97 Å². The van der Waals surface area contributed by atoms with Crippen molar-refractivity contribution in [1.29, 1.82) is 0 Å². The quantitative estimate of drug-likeness (QED) is 0.162. The molecule has 13 rings (SSSR count). The summed E-state index contributed by atoms with van der Waals surface area (Å²) in [6.07, 6.45) is 3.58. The molecular weight excluding hydrogens is 775 g/mol. The van der Waals surface area contributed by atoms with Crippen molar-refractivity contribution < 1.29 is 0 Å². The molecule has 0 saturated carbocycles. The Bertz CT molecular complexity index is 3820. The van der Waals surface area contributed by atoms with E-state index < -0.39 is 0 Å². The average Bonchev–Trinajstić information content (AvgIpc) is 3.81. The average molecular weight is 816 g/mol. The summed E-state index contributed by atoms with van der Waals surface area (Å²) in [5.74, 6) is 0. The van der Waals surface area contributed by atoms with Gasteiger partial charge in [0, 0.05) is 45.0 Å². The van der Waals surface area contributed by atoms with Crippen LogP contribution < -0.4 is 0 Å². The molecule has 3 nitrogen and oxygen atoms in total. The second kappa shape index (κ2) is 13.9. The normalized spacial score (nSPS) is 13.0. The summed E-state index contributed by atoms with van der Waals surface area (Å²) >= 11 is 0. The van der Waals surface area contributed by atoms with Crippen molar-refractivity contribution in [2.24, 2.45) is 0 Å². The van der Waals surface area contributed by atoms with Gasteiger partial charge in [0.05, 0.1) is 22.1 Å². The molecule has 0 bridgehead atoms. The standard InChI is InChI=1S/C61H41N3/c1-61(2)55-35-43(23-27-48(55)49-28-24-44(36-56(49)61)42-26-30-53-54(34-42)47-15-6-7-17-52(47)59-60(53)63-32-31-62-59)39-21-19-38(20-22-39)40-11-10-12-41(33-40)45-25-29-51-50-16-8-9-18-57(50)64(58(51)37-45)46-13-4-3-5-14-46/h3-37H,1-2H3. The number of nitrogens with zero attached hydrogens (tertiary/aromatic N) is 3. The number of hydrogen-bond acceptors (Lipinski definition) is 2. The molecule has 0 aliphatic heterocycles. The highest BCUT2D eigenvalue weighted by molar-refractivity contribution is 6.23. The van der Waals surface area contributed by atoms with Crippen molar-refractivity contribution in [2.45, 2.75) is 19.3 Å². The van der Waals surface area contributed by atoms with Crippen LogP contribution in [0.3, 0.4) is 0 Å². The van der Waals surface area contributed by atoms with Gasteiger partial charge in [-0.05, 0) is 126 Å². The summed E-state index contributed by atoms with van der Waals surface area (Å²) < 4.78 is 2.39. The molecule has 300 valence electrons. The maximum atomic E-state index is 4.77. The molecule has 0 unspecified atom stereocenters. The van der Waals surface area contributed by atoms with Crippen LogP contribution in [-0.4, -0.2) is 14.5 Å². The third kappa shape index (κ3) is 5.54. The van der Waals surface area contributed by atoms with E-state index in [2.05, 4.69) is 219 Å². The first-order chi connectivity index (χ1) is 31.5. The fraction of sp³-hybridized carbons (Fsp3) is 0.0492. The van der Waals surface area contributed by atoms with Crippen LogP contribution in [0.15, 0.2) is 213 Å². The van der Waals surface area contributed by atoms with Crippen LogP contribution in [0.2, 0.25) is 0 Å². The zero-order valence-corrected chi connectivity index (χ0v) is 35.5. The van der Waals surface area contributed by atoms with E-state index in [1.54, 1.807) is 12.4 Å². The lowest BCUT2D eigenvalue weighted by atomic mass is 9.80. The zero-order valence-electron chi connectivity index (χ0n) is 35.5. The summed E-state index contributed by atoms with van der Waals surface area (Å²) in [6, 6.07) is 73.8. The van der Waals surface area contributed by atoms with Gasteiger partial charge >= 0.3 is 0 Å². The Labute approximate surface area is 371 Å². The van der Waals surface area contributed by atoms with Crippen LogP contribution in [0.25, 0.3) is 116 Å². The Hall–Kier alpha value is -8.14. The zero-order chi connectivity index (χ0) is 42.5. The maximum Gasteiger partial charge on any atom is 0.0971 e. The predicted octanol–water partition coefficient (Wildman–Crippen LogP) is 16.0. The molecule has 12 aromatic rings.